The molecule has 0 saturated heterocycles. The molecule has 1 aromatic carbocycles. The van der Waals surface area contributed by atoms with Gasteiger partial charge in [0.15, 0.2) is 11.4 Å². The van der Waals surface area contributed by atoms with E-state index in [0.29, 0.717) is 28.3 Å². The molecule has 5 rings (SSSR count). The van der Waals surface area contributed by atoms with Crippen molar-refractivity contribution < 1.29 is 31.8 Å². The number of allylic oxidation sites excluding steroid dienone is 5. The largest absolute Gasteiger partial charge is 0.481 e. The third-order valence-electron chi connectivity index (χ3n) is 6.22. The number of hydrogen-bond acceptors (Lipinski definition) is 6. The van der Waals surface area contributed by atoms with Gasteiger partial charge in [-0.25, -0.2) is 9.37 Å². The van der Waals surface area contributed by atoms with E-state index < -0.39 is 23.2 Å². The minimum atomic E-state index is -4.42. The zero-order valence-corrected chi connectivity index (χ0v) is 19.5. The number of carbonyl (C=O) groups is 1. The number of alkyl halides is 3. The van der Waals surface area contributed by atoms with Crippen LogP contribution in [0.15, 0.2) is 78.1 Å². The molecule has 1 aliphatic heterocycles. The van der Waals surface area contributed by atoms with Crippen molar-refractivity contribution in [1.29, 1.82) is 0 Å². The molecule has 1 aliphatic carbocycles. The predicted octanol–water partition coefficient (Wildman–Crippen LogP) is 5.80. The summed E-state index contributed by atoms with van der Waals surface area (Å²) in [5, 5.41) is 0. The molecule has 0 radical (unpaired) electrons. The molecule has 2 aliphatic rings. The molecule has 0 atom stereocenters. The fourth-order valence-corrected chi connectivity index (χ4v) is 3.93. The summed E-state index contributed by atoms with van der Waals surface area (Å²) in [7, 11) is 1.48. The van der Waals surface area contributed by atoms with E-state index in [0.717, 1.165) is 6.26 Å². The van der Waals surface area contributed by atoms with Crippen LogP contribution in [0.25, 0.3) is 22.4 Å². The van der Waals surface area contributed by atoms with Gasteiger partial charge in [-0.1, -0.05) is 17.9 Å². The van der Waals surface area contributed by atoms with Crippen LogP contribution in [-0.2, 0) is 16.0 Å². The first-order valence-electron chi connectivity index (χ1n) is 11.3. The van der Waals surface area contributed by atoms with Crippen LogP contribution in [0.2, 0.25) is 0 Å². The lowest BCUT2D eigenvalue weighted by Crippen LogP contribution is -2.27. The third kappa shape index (κ3) is 4.88. The Labute approximate surface area is 208 Å². The Morgan fingerprint density at radius 1 is 1.22 bits per heavy atom. The average Bonchev–Trinajstić information content (AvgIpc) is 3.71. The van der Waals surface area contributed by atoms with Crippen molar-refractivity contribution in [3.8, 4) is 17.1 Å². The number of rotatable bonds is 7. The van der Waals surface area contributed by atoms with Gasteiger partial charge in [-0.2, -0.15) is 18.2 Å². The average molecular weight is 509 g/mol. The molecule has 0 unspecified atom stereocenters. The molecular weight excluding hydrogens is 490 g/mol. The zero-order chi connectivity index (χ0) is 26.2. The van der Waals surface area contributed by atoms with Gasteiger partial charge < -0.3 is 9.47 Å². The maximum atomic E-state index is 14.8. The summed E-state index contributed by atoms with van der Waals surface area (Å²) in [4.78, 5) is 25.4. The Bertz CT molecular complexity index is 1530. The van der Waals surface area contributed by atoms with Gasteiger partial charge in [-0.05, 0) is 48.8 Å². The van der Waals surface area contributed by atoms with Crippen LogP contribution in [0.4, 0.5) is 17.6 Å². The monoisotopic (exact) mass is 509 g/mol. The first-order valence-corrected chi connectivity index (χ1v) is 11.3. The van der Waals surface area contributed by atoms with Crippen LogP contribution in [-0.4, -0.2) is 34.0 Å². The van der Waals surface area contributed by atoms with E-state index in [9.17, 15) is 22.4 Å². The second kappa shape index (κ2) is 9.29. The van der Waals surface area contributed by atoms with Gasteiger partial charge in [-0.15, -0.1) is 0 Å². The zero-order valence-electron chi connectivity index (χ0n) is 19.5. The van der Waals surface area contributed by atoms with E-state index in [1.54, 1.807) is 18.2 Å². The molecule has 2 aromatic heterocycles. The van der Waals surface area contributed by atoms with E-state index in [1.165, 1.54) is 43.7 Å². The number of carbonyl (C=O) groups excluding carboxylic acids is 1. The van der Waals surface area contributed by atoms with Gasteiger partial charge in [0.1, 0.15) is 28.8 Å². The topological polar surface area (TPSA) is 74.2 Å². The number of aromatic nitrogens is 3. The van der Waals surface area contributed by atoms with Crippen molar-refractivity contribution in [3.63, 3.8) is 0 Å². The number of fused-ring (bicyclic) bond motifs is 1. The summed E-state index contributed by atoms with van der Waals surface area (Å²) >= 11 is 0. The van der Waals surface area contributed by atoms with Crippen LogP contribution in [0.5, 0.6) is 5.88 Å². The molecule has 3 aromatic rings. The van der Waals surface area contributed by atoms with Crippen LogP contribution >= 0.6 is 0 Å². The molecule has 0 spiro atoms. The minimum absolute atomic E-state index is 0.0448. The van der Waals surface area contributed by atoms with Crippen molar-refractivity contribution in [2.24, 2.45) is 5.41 Å². The maximum absolute atomic E-state index is 14.8. The van der Waals surface area contributed by atoms with Crippen molar-refractivity contribution in [2.45, 2.75) is 25.4 Å². The molecule has 0 N–H and O–H groups in total. The normalized spacial score (nSPS) is 16.4. The Kier molecular flexibility index (Phi) is 6.13. The summed E-state index contributed by atoms with van der Waals surface area (Å²) in [6, 6.07) is 7.73. The summed E-state index contributed by atoms with van der Waals surface area (Å²) in [6.45, 7) is 0. The van der Waals surface area contributed by atoms with E-state index in [-0.39, 0.29) is 36.2 Å². The lowest BCUT2D eigenvalue weighted by atomic mass is 10.00. The molecule has 1 saturated carbocycles. The molecule has 1 fully saturated rings. The Morgan fingerprint density at radius 2 is 2.03 bits per heavy atom. The summed E-state index contributed by atoms with van der Waals surface area (Å²) in [5.74, 6) is -0.870. The van der Waals surface area contributed by atoms with Crippen molar-refractivity contribution in [3.05, 3.63) is 89.5 Å². The maximum Gasteiger partial charge on any atom is 0.401 e. The number of nitrogens with zero attached hydrogens (tertiary/aromatic N) is 3. The molecule has 0 amide bonds. The number of hydrogen-bond donors (Lipinski definition) is 0. The number of pyridine rings is 1. The summed E-state index contributed by atoms with van der Waals surface area (Å²) in [5.41, 5.74) is 2.87. The van der Waals surface area contributed by atoms with Gasteiger partial charge in [-0.3, -0.25) is 9.78 Å². The Morgan fingerprint density at radius 3 is 2.73 bits per heavy atom. The molecule has 37 heavy (non-hydrogen) atoms. The smallest absolute Gasteiger partial charge is 0.401 e. The number of halogens is 4. The molecule has 188 valence electrons. The highest BCUT2D eigenvalue weighted by molar-refractivity contribution is 5.92. The number of ketones is 1. The predicted molar refractivity (Wildman–Crippen MR) is 126 cm³/mol. The van der Waals surface area contributed by atoms with Crippen molar-refractivity contribution in [1.82, 2.24) is 15.0 Å². The number of ether oxygens (including phenoxy) is 2. The van der Waals surface area contributed by atoms with Crippen LogP contribution in [0.1, 0.15) is 18.4 Å². The fraction of sp³-hybridized carbons (Fsp3) is 0.222. The summed E-state index contributed by atoms with van der Waals surface area (Å²) in [6.07, 6.45) is 1.56. The van der Waals surface area contributed by atoms with Gasteiger partial charge in [0, 0.05) is 23.6 Å². The highest BCUT2D eigenvalue weighted by Crippen LogP contribution is 2.62. The van der Waals surface area contributed by atoms with Gasteiger partial charge in [0.2, 0.25) is 5.88 Å². The van der Waals surface area contributed by atoms with E-state index >= 15 is 0 Å². The van der Waals surface area contributed by atoms with Gasteiger partial charge in [0.25, 0.3) is 0 Å². The first kappa shape index (κ1) is 24.4. The quantitative estimate of drug-likeness (QED) is 0.228. The van der Waals surface area contributed by atoms with Crippen molar-refractivity contribution in [2.75, 3.05) is 7.11 Å². The van der Waals surface area contributed by atoms with E-state index in [2.05, 4.69) is 20.7 Å². The highest BCUT2D eigenvalue weighted by Gasteiger charge is 2.67. The minimum Gasteiger partial charge on any atom is -0.481 e. The van der Waals surface area contributed by atoms with E-state index in [1.807, 2.05) is 0 Å². The standard InChI is InChI=1S/C27H19F4N3O3/c1-36-24-7-6-21-25(34-24)33-22(15-32-21)18-4-3-17(20(28)14-18)13-19(35)5-2-16-8-11-37-23(12-16)26(9-10-26)27(29,30)31/h2-7,11-12,14-15H,9-10,13H2,1H3. The van der Waals surface area contributed by atoms with Crippen LogP contribution in [0.3, 0.4) is 0 Å². The lowest BCUT2D eigenvalue weighted by Gasteiger charge is -2.22. The SMILES string of the molecule is COc1ccc2ncc(-c3ccc(CC(=O)C=CC4=C=COC(C5(C(F)(F)F)CC5)=C4)c(F)c3)nc2n1. The van der Waals surface area contributed by atoms with Crippen LogP contribution in [0, 0.1) is 11.2 Å². The number of benzene rings is 1. The molecule has 0 bridgehead atoms. The highest BCUT2D eigenvalue weighted by atomic mass is 19.4. The summed E-state index contributed by atoms with van der Waals surface area (Å²) < 4.78 is 65.0. The van der Waals surface area contributed by atoms with Gasteiger partial charge in [0.05, 0.1) is 19.0 Å². The number of methoxy groups -OCH3 is 1. The molecule has 6 nitrogen and oxygen atoms in total. The molecule has 3 heterocycles. The van der Waals surface area contributed by atoms with Crippen molar-refractivity contribution >= 4 is 16.9 Å². The fourth-order valence-electron chi connectivity index (χ4n) is 3.93. The third-order valence-corrected chi connectivity index (χ3v) is 6.22. The molecule has 10 heteroatoms. The Balaban J connectivity index is 1.29. The molecular formula is C27H19F4N3O3. The second-order valence-electron chi connectivity index (χ2n) is 8.66. The Hall–Kier alpha value is -4.30. The van der Waals surface area contributed by atoms with E-state index in [4.69, 9.17) is 9.47 Å². The first-order chi connectivity index (χ1) is 17.7. The lowest BCUT2D eigenvalue weighted by molar-refractivity contribution is -0.183. The van der Waals surface area contributed by atoms with Crippen LogP contribution < -0.4 is 4.74 Å². The second-order valence-corrected chi connectivity index (χ2v) is 8.66. The van der Waals surface area contributed by atoms with Gasteiger partial charge >= 0.3 is 6.18 Å².